The van der Waals surface area contributed by atoms with Gasteiger partial charge in [-0.25, -0.2) is 9.97 Å². The molecule has 3 aromatic heterocycles. The van der Waals surface area contributed by atoms with Crippen molar-refractivity contribution in [1.82, 2.24) is 14.4 Å². The van der Waals surface area contributed by atoms with Gasteiger partial charge in [-0.05, 0) is 24.1 Å². The smallest absolute Gasteiger partial charge is 0.420 e. The van der Waals surface area contributed by atoms with E-state index in [4.69, 9.17) is 4.74 Å². The highest BCUT2D eigenvalue weighted by Gasteiger charge is 2.35. The number of alkyl halides is 3. The van der Waals surface area contributed by atoms with Crippen LogP contribution in [0.2, 0.25) is 0 Å². The van der Waals surface area contributed by atoms with Crippen LogP contribution in [0.3, 0.4) is 0 Å². The molecule has 7 heteroatoms. The summed E-state index contributed by atoms with van der Waals surface area (Å²) in [5, 5.41) is 0. The average Bonchev–Trinajstić information content (AvgIpc) is 3.17. The molecular weight excluding hydrogens is 391 g/mol. The normalized spacial score (nSPS) is 11.8. The summed E-state index contributed by atoms with van der Waals surface area (Å²) in [6.45, 7) is 2.10. The fourth-order valence-corrected chi connectivity index (χ4v) is 3.47. The van der Waals surface area contributed by atoms with Crippen molar-refractivity contribution in [3.05, 3.63) is 72.2 Å². The van der Waals surface area contributed by atoms with Crippen molar-refractivity contribution in [2.24, 2.45) is 0 Å². The first-order chi connectivity index (χ1) is 14.4. The lowest BCUT2D eigenvalue weighted by atomic mass is 10.1. The van der Waals surface area contributed by atoms with Gasteiger partial charge in [0.25, 0.3) is 0 Å². The first-order valence-corrected chi connectivity index (χ1v) is 9.58. The Bertz CT molecular complexity index is 1160. The van der Waals surface area contributed by atoms with E-state index < -0.39 is 11.7 Å². The van der Waals surface area contributed by atoms with Crippen LogP contribution in [0.15, 0.2) is 61.1 Å². The van der Waals surface area contributed by atoms with Crippen LogP contribution in [-0.2, 0) is 12.6 Å². The molecule has 4 rings (SSSR count). The molecule has 0 N–H and O–H groups in total. The van der Waals surface area contributed by atoms with Gasteiger partial charge in [0.15, 0.2) is 0 Å². The molecule has 0 saturated heterocycles. The number of ether oxygens (including phenoxy) is 1. The van der Waals surface area contributed by atoms with E-state index in [0.717, 1.165) is 24.5 Å². The number of hydrogen-bond donors (Lipinski definition) is 0. The molecule has 0 aliphatic carbocycles. The fraction of sp³-hybridized carbons (Fsp3) is 0.217. The van der Waals surface area contributed by atoms with Crippen LogP contribution in [0.4, 0.5) is 13.2 Å². The first-order valence-electron chi connectivity index (χ1n) is 9.58. The van der Waals surface area contributed by atoms with E-state index in [1.165, 1.54) is 29.5 Å². The molecule has 0 saturated carbocycles. The van der Waals surface area contributed by atoms with Crippen LogP contribution in [0.1, 0.15) is 24.5 Å². The molecule has 0 aliphatic rings. The Morgan fingerprint density at radius 1 is 0.933 bits per heavy atom. The Balaban J connectivity index is 1.89. The van der Waals surface area contributed by atoms with Gasteiger partial charge in [0.2, 0.25) is 5.88 Å². The summed E-state index contributed by atoms with van der Waals surface area (Å²) >= 11 is 0. The minimum atomic E-state index is -4.54. The largest absolute Gasteiger partial charge is 0.481 e. The molecule has 30 heavy (non-hydrogen) atoms. The van der Waals surface area contributed by atoms with E-state index in [9.17, 15) is 13.2 Å². The number of halogens is 3. The minimum Gasteiger partial charge on any atom is -0.481 e. The SMILES string of the molecule is CCCc1ccc(-c2cnc3c(C(F)(F)F)cc(-c4ccc(OC)nc4)cn23)cc1. The van der Waals surface area contributed by atoms with E-state index in [1.807, 2.05) is 24.3 Å². The van der Waals surface area contributed by atoms with E-state index in [2.05, 4.69) is 16.9 Å². The van der Waals surface area contributed by atoms with Crippen molar-refractivity contribution in [2.75, 3.05) is 7.11 Å². The number of nitrogens with zero attached hydrogens (tertiary/aromatic N) is 3. The lowest BCUT2D eigenvalue weighted by Gasteiger charge is -2.13. The Hall–Kier alpha value is -3.35. The number of methoxy groups -OCH3 is 1. The van der Waals surface area contributed by atoms with Gasteiger partial charge in [0.1, 0.15) is 5.65 Å². The highest BCUT2D eigenvalue weighted by molar-refractivity contribution is 5.72. The van der Waals surface area contributed by atoms with Gasteiger partial charge in [0.05, 0.1) is 24.6 Å². The summed E-state index contributed by atoms with van der Waals surface area (Å²) in [6, 6.07) is 12.3. The molecule has 4 aromatic rings. The second-order valence-corrected chi connectivity index (χ2v) is 7.01. The number of rotatable bonds is 5. The minimum absolute atomic E-state index is 0.125. The highest BCUT2D eigenvalue weighted by Crippen LogP contribution is 2.37. The number of benzene rings is 1. The molecule has 154 valence electrons. The Kier molecular flexibility index (Phi) is 5.20. The standard InChI is InChI=1S/C23H20F3N3O/c1-3-4-15-5-7-16(8-6-15)20-13-28-22-19(23(24,25)26)11-18(14-29(20)22)17-9-10-21(30-2)27-12-17/h5-14H,3-4H2,1-2H3. The van der Waals surface area contributed by atoms with Gasteiger partial charge in [-0.2, -0.15) is 13.2 Å². The number of fused-ring (bicyclic) bond motifs is 1. The van der Waals surface area contributed by atoms with Crippen LogP contribution >= 0.6 is 0 Å². The van der Waals surface area contributed by atoms with Crippen molar-refractivity contribution in [3.8, 4) is 28.3 Å². The third-order valence-corrected chi connectivity index (χ3v) is 4.98. The maximum Gasteiger partial charge on any atom is 0.420 e. The topological polar surface area (TPSA) is 39.4 Å². The van der Waals surface area contributed by atoms with E-state index in [0.29, 0.717) is 22.7 Å². The summed E-state index contributed by atoms with van der Waals surface area (Å²) in [6.07, 6.45) is 2.09. The Morgan fingerprint density at radius 2 is 1.67 bits per heavy atom. The van der Waals surface area contributed by atoms with Gasteiger partial charge < -0.3 is 4.74 Å². The predicted molar refractivity (Wildman–Crippen MR) is 109 cm³/mol. The third kappa shape index (κ3) is 3.75. The summed E-state index contributed by atoms with van der Waals surface area (Å²) in [7, 11) is 1.49. The van der Waals surface area contributed by atoms with Crippen molar-refractivity contribution < 1.29 is 17.9 Å². The molecule has 0 spiro atoms. The number of pyridine rings is 2. The predicted octanol–water partition coefficient (Wildman–Crippen LogP) is 6.04. The van der Waals surface area contributed by atoms with Crippen LogP contribution in [0.5, 0.6) is 5.88 Å². The molecule has 0 aliphatic heterocycles. The zero-order valence-corrected chi connectivity index (χ0v) is 16.6. The molecule has 0 amide bonds. The van der Waals surface area contributed by atoms with Crippen LogP contribution in [0, 0.1) is 0 Å². The van der Waals surface area contributed by atoms with Gasteiger partial charge in [-0.1, -0.05) is 37.6 Å². The van der Waals surface area contributed by atoms with E-state index in [-0.39, 0.29) is 5.65 Å². The molecule has 1 aromatic carbocycles. The van der Waals surface area contributed by atoms with Crippen molar-refractivity contribution in [2.45, 2.75) is 25.9 Å². The third-order valence-electron chi connectivity index (χ3n) is 4.98. The second kappa shape index (κ2) is 7.82. The molecule has 3 heterocycles. The maximum atomic E-state index is 13.8. The van der Waals surface area contributed by atoms with Crippen molar-refractivity contribution in [1.29, 1.82) is 0 Å². The number of aromatic nitrogens is 3. The van der Waals surface area contributed by atoms with Gasteiger partial charge in [0, 0.05) is 35.2 Å². The quantitative estimate of drug-likeness (QED) is 0.402. The van der Waals surface area contributed by atoms with Gasteiger partial charge in [-0.3, -0.25) is 4.40 Å². The monoisotopic (exact) mass is 411 g/mol. The number of imidazole rings is 1. The average molecular weight is 411 g/mol. The van der Waals surface area contributed by atoms with Crippen LogP contribution in [-0.4, -0.2) is 21.5 Å². The van der Waals surface area contributed by atoms with Crippen molar-refractivity contribution >= 4 is 5.65 Å². The number of aryl methyl sites for hydroxylation is 1. The summed E-state index contributed by atoms with van der Waals surface area (Å²) in [5.41, 5.74) is 2.64. The summed E-state index contributed by atoms with van der Waals surface area (Å²) < 4.78 is 47.9. The molecular formula is C23H20F3N3O. The Morgan fingerprint density at radius 3 is 2.27 bits per heavy atom. The van der Waals surface area contributed by atoms with E-state index >= 15 is 0 Å². The molecule has 4 nitrogen and oxygen atoms in total. The van der Waals surface area contributed by atoms with Gasteiger partial charge in [-0.15, -0.1) is 0 Å². The van der Waals surface area contributed by atoms with Crippen LogP contribution < -0.4 is 4.74 Å². The molecule has 0 bridgehead atoms. The van der Waals surface area contributed by atoms with Gasteiger partial charge >= 0.3 is 6.18 Å². The first kappa shape index (κ1) is 19.9. The number of hydrogen-bond acceptors (Lipinski definition) is 3. The molecule has 0 atom stereocenters. The lowest BCUT2D eigenvalue weighted by molar-refractivity contribution is -0.136. The maximum absolute atomic E-state index is 13.8. The molecule has 0 radical (unpaired) electrons. The zero-order chi connectivity index (χ0) is 21.3. The fourth-order valence-electron chi connectivity index (χ4n) is 3.47. The van der Waals surface area contributed by atoms with Crippen molar-refractivity contribution in [3.63, 3.8) is 0 Å². The Labute approximate surface area is 172 Å². The molecule has 0 unspecified atom stereocenters. The molecule has 0 fully saturated rings. The summed E-state index contributed by atoms with van der Waals surface area (Å²) in [5.74, 6) is 0.395. The second-order valence-electron chi connectivity index (χ2n) is 7.01. The lowest BCUT2D eigenvalue weighted by Crippen LogP contribution is -2.08. The van der Waals surface area contributed by atoms with Crippen LogP contribution in [0.25, 0.3) is 28.0 Å². The zero-order valence-electron chi connectivity index (χ0n) is 16.6. The van der Waals surface area contributed by atoms with E-state index in [1.54, 1.807) is 18.3 Å². The summed E-state index contributed by atoms with van der Waals surface area (Å²) in [4.78, 5) is 8.20. The highest BCUT2D eigenvalue weighted by atomic mass is 19.4.